The van der Waals surface area contributed by atoms with E-state index >= 15 is 0 Å². The van der Waals surface area contributed by atoms with E-state index in [9.17, 15) is 22.4 Å². The predicted octanol–water partition coefficient (Wildman–Crippen LogP) is 5.63. The van der Waals surface area contributed by atoms with Gasteiger partial charge in [0.1, 0.15) is 18.4 Å². The number of hydrogen-bond acceptors (Lipinski definition) is 4. The van der Waals surface area contributed by atoms with Crippen LogP contribution in [0.2, 0.25) is 0 Å². The van der Waals surface area contributed by atoms with E-state index in [1.165, 1.54) is 17.0 Å². The van der Waals surface area contributed by atoms with E-state index in [0.717, 1.165) is 59.7 Å². The first kappa shape index (κ1) is 31.2. The van der Waals surface area contributed by atoms with Gasteiger partial charge in [-0.25, -0.2) is 12.8 Å². The van der Waals surface area contributed by atoms with Gasteiger partial charge in [0.15, 0.2) is 0 Å². The fourth-order valence-corrected chi connectivity index (χ4v) is 6.83. The molecule has 3 aromatic carbocycles. The number of rotatable bonds is 12. The molecule has 0 heterocycles. The molecule has 1 saturated carbocycles. The molecule has 0 bridgehead atoms. The second-order valence-corrected chi connectivity index (χ2v) is 12.8. The fourth-order valence-electron chi connectivity index (χ4n) is 5.41. The second-order valence-electron chi connectivity index (χ2n) is 10.9. The van der Waals surface area contributed by atoms with Crippen molar-refractivity contribution in [2.75, 3.05) is 17.4 Å². The standard InChI is InChI=1S/C33H40FN3O4S/c1-3-31(33(39)35-28-12-8-5-9-13-28)36(23-22-26-10-6-4-7-11-26)32(38)24-37(29-18-14-25(2)15-19-29)42(40,41)30-20-16-27(34)17-21-30/h4,6-7,10-11,14-21,28,31H,3,5,8-9,12-13,22-24H2,1-2H3,(H,35,39)/t31-/m0/s1. The normalized spacial score (nSPS) is 14.6. The van der Waals surface area contributed by atoms with E-state index in [1.807, 2.05) is 44.2 Å². The monoisotopic (exact) mass is 593 g/mol. The first-order chi connectivity index (χ1) is 20.2. The van der Waals surface area contributed by atoms with Gasteiger partial charge in [0.2, 0.25) is 11.8 Å². The van der Waals surface area contributed by atoms with Gasteiger partial charge in [-0.05, 0) is 74.6 Å². The summed E-state index contributed by atoms with van der Waals surface area (Å²) in [5, 5.41) is 3.16. The number of anilines is 1. The highest BCUT2D eigenvalue weighted by Gasteiger charge is 2.34. The molecule has 4 rings (SSSR count). The van der Waals surface area contributed by atoms with Crippen LogP contribution in [0.25, 0.3) is 0 Å². The zero-order valence-electron chi connectivity index (χ0n) is 24.3. The Kier molecular flexibility index (Phi) is 10.7. The van der Waals surface area contributed by atoms with Crippen molar-refractivity contribution in [3.05, 3.63) is 95.8 Å². The molecule has 1 N–H and O–H groups in total. The van der Waals surface area contributed by atoms with Gasteiger partial charge in [0.05, 0.1) is 10.6 Å². The van der Waals surface area contributed by atoms with Gasteiger partial charge in [-0.15, -0.1) is 0 Å². The molecule has 3 aromatic rings. The summed E-state index contributed by atoms with van der Waals surface area (Å²) in [6.45, 7) is 3.49. The smallest absolute Gasteiger partial charge is 0.264 e. The van der Waals surface area contributed by atoms with Crippen LogP contribution < -0.4 is 9.62 Å². The van der Waals surface area contributed by atoms with Gasteiger partial charge in [-0.3, -0.25) is 13.9 Å². The molecule has 224 valence electrons. The minimum Gasteiger partial charge on any atom is -0.352 e. The molecule has 1 aliphatic carbocycles. The summed E-state index contributed by atoms with van der Waals surface area (Å²) < 4.78 is 42.4. The van der Waals surface area contributed by atoms with E-state index in [-0.39, 0.29) is 23.4 Å². The summed E-state index contributed by atoms with van der Waals surface area (Å²) in [4.78, 5) is 29.1. The third-order valence-corrected chi connectivity index (χ3v) is 9.61. The van der Waals surface area contributed by atoms with Crippen LogP contribution in [-0.4, -0.2) is 50.3 Å². The Morgan fingerprint density at radius 3 is 2.19 bits per heavy atom. The van der Waals surface area contributed by atoms with Crippen molar-refractivity contribution in [2.45, 2.75) is 75.8 Å². The Labute approximate surface area is 248 Å². The van der Waals surface area contributed by atoms with E-state index in [4.69, 9.17) is 0 Å². The third kappa shape index (κ3) is 7.97. The molecule has 2 amide bonds. The van der Waals surface area contributed by atoms with Crippen LogP contribution in [0.15, 0.2) is 83.8 Å². The average Bonchev–Trinajstić information content (AvgIpc) is 2.99. The second kappa shape index (κ2) is 14.4. The summed E-state index contributed by atoms with van der Waals surface area (Å²) >= 11 is 0. The average molecular weight is 594 g/mol. The maximum absolute atomic E-state index is 14.1. The van der Waals surface area contributed by atoms with Crippen molar-refractivity contribution in [2.24, 2.45) is 0 Å². The molecule has 1 fully saturated rings. The number of carbonyl (C=O) groups excluding carboxylic acids is 2. The molecule has 0 aromatic heterocycles. The van der Waals surface area contributed by atoms with Crippen molar-refractivity contribution in [3.63, 3.8) is 0 Å². The number of nitrogens with zero attached hydrogens (tertiary/aromatic N) is 2. The number of sulfonamides is 1. The van der Waals surface area contributed by atoms with Crippen LogP contribution in [0.1, 0.15) is 56.6 Å². The molecular formula is C33H40FN3O4S. The summed E-state index contributed by atoms with van der Waals surface area (Å²) in [6.07, 6.45) is 6.00. The van der Waals surface area contributed by atoms with Crippen molar-refractivity contribution in [1.29, 1.82) is 0 Å². The number of aryl methyl sites for hydroxylation is 1. The number of hydrogen-bond donors (Lipinski definition) is 1. The number of nitrogens with one attached hydrogen (secondary N) is 1. The zero-order valence-corrected chi connectivity index (χ0v) is 25.2. The maximum Gasteiger partial charge on any atom is 0.264 e. The van der Waals surface area contributed by atoms with Crippen LogP contribution in [-0.2, 0) is 26.0 Å². The largest absolute Gasteiger partial charge is 0.352 e. The van der Waals surface area contributed by atoms with Gasteiger partial charge >= 0.3 is 0 Å². The van der Waals surface area contributed by atoms with Gasteiger partial charge in [-0.2, -0.15) is 0 Å². The third-order valence-electron chi connectivity index (χ3n) is 7.82. The fraction of sp³-hybridized carbons (Fsp3) is 0.394. The molecule has 0 spiro atoms. The molecule has 0 unspecified atom stereocenters. The minimum atomic E-state index is -4.24. The first-order valence-corrected chi connectivity index (χ1v) is 16.1. The van der Waals surface area contributed by atoms with Crippen molar-refractivity contribution < 1.29 is 22.4 Å². The van der Waals surface area contributed by atoms with Gasteiger partial charge < -0.3 is 10.2 Å². The molecule has 0 aliphatic heterocycles. The lowest BCUT2D eigenvalue weighted by atomic mass is 9.95. The quantitative estimate of drug-likeness (QED) is 0.295. The van der Waals surface area contributed by atoms with Gasteiger partial charge in [-0.1, -0.05) is 74.2 Å². The number of carbonyl (C=O) groups is 2. The molecular weight excluding hydrogens is 553 g/mol. The summed E-state index contributed by atoms with van der Waals surface area (Å²) in [5.41, 5.74) is 2.24. The molecule has 0 saturated heterocycles. The Hall–Kier alpha value is -3.72. The van der Waals surface area contributed by atoms with Crippen molar-refractivity contribution in [1.82, 2.24) is 10.2 Å². The molecule has 1 atom stereocenters. The minimum absolute atomic E-state index is 0.0780. The van der Waals surface area contributed by atoms with E-state index in [2.05, 4.69) is 5.32 Å². The summed E-state index contributed by atoms with van der Waals surface area (Å²) in [6, 6.07) is 20.4. The highest BCUT2D eigenvalue weighted by molar-refractivity contribution is 7.92. The number of amides is 2. The molecule has 0 radical (unpaired) electrons. The SMILES string of the molecule is CC[C@@H](C(=O)NC1CCCCC1)N(CCc1ccccc1)C(=O)CN(c1ccc(C)cc1)S(=O)(=O)c1ccc(F)cc1. The van der Waals surface area contributed by atoms with Gasteiger partial charge in [0, 0.05) is 12.6 Å². The maximum atomic E-state index is 14.1. The van der Waals surface area contributed by atoms with Crippen LogP contribution in [0, 0.1) is 12.7 Å². The number of benzene rings is 3. The van der Waals surface area contributed by atoms with Gasteiger partial charge in [0.25, 0.3) is 10.0 Å². The predicted molar refractivity (Wildman–Crippen MR) is 163 cm³/mol. The van der Waals surface area contributed by atoms with Crippen molar-refractivity contribution >= 4 is 27.5 Å². The highest BCUT2D eigenvalue weighted by Crippen LogP contribution is 2.25. The van der Waals surface area contributed by atoms with E-state index in [0.29, 0.717) is 18.5 Å². The summed E-state index contributed by atoms with van der Waals surface area (Å²) in [7, 11) is -4.24. The van der Waals surface area contributed by atoms with Crippen LogP contribution in [0.3, 0.4) is 0 Å². The molecule has 7 nitrogen and oxygen atoms in total. The first-order valence-electron chi connectivity index (χ1n) is 14.7. The number of halogens is 1. The molecule has 42 heavy (non-hydrogen) atoms. The Morgan fingerprint density at radius 2 is 1.57 bits per heavy atom. The van der Waals surface area contributed by atoms with Crippen LogP contribution >= 0.6 is 0 Å². The topological polar surface area (TPSA) is 86.8 Å². The highest BCUT2D eigenvalue weighted by atomic mass is 32.2. The van der Waals surface area contributed by atoms with Crippen molar-refractivity contribution in [3.8, 4) is 0 Å². The molecule has 1 aliphatic rings. The Bertz CT molecular complexity index is 1420. The molecule has 9 heteroatoms. The van der Waals surface area contributed by atoms with E-state index < -0.39 is 34.3 Å². The lowest BCUT2D eigenvalue weighted by Gasteiger charge is -2.34. The lowest BCUT2D eigenvalue weighted by Crippen LogP contribution is -2.54. The van der Waals surface area contributed by atoms with Crippen LogP contribution in [0.5, 0.6) is 0 Å². The van der Waals surface area contributed by atoms with E-state index in [1.54, 1.807) is 24.3 Å². The summed E-state index contributed by atoms with van der Waals surface area (Å²) in [5.74, 6) is -1.26. The zero-order chi connectivity index (χ0) is 30.1. The lowest BCUT2D eigenvalue weighted by molar-refractivity contribution is -0.140. The van der Waals surface area contributed by atoms with Crippen LogP contribution in [0.4, 0.5) is 10.1 Å². The Morgan fingerprint density at radius 1 is 0.929 bits per heavy atom. The Balaban J connectivity index is 1.66.